The average molecular weight is 306 g/mol. The molecule has 0 saturated carbocycles. The summed E-state index contributed by atoms with van der Waals surface area (Å²) in [5.74, 6) is 2.27. The molecule has 3 aromatic heterocycles. The van der Waals surface area contributed by atoms with E-state index in [1.165, 1.54) is 0 Å². The summed E-state index contributed by atoms with van der Waals surface area (Å²) in [6.07, 6.45) is 7.93. The van der Waals surface area contributed by atoms with Crippen molar-refractivity contribution in [2.24, 2.45) is 7.05 Å². The normalized spacial score (nSPS) is 18.3. The second-order valence-corrected chi connectivity index (χ2v) is 6.01. The van der Waals surface area contributed by atoms with E-state index in [2.05, 4.69) is 25.5 Å². The Labute approximate surface area is 134 Å². The molecule has 116 valence electrons. The van der Waals surface area contributed by atoms with E-state index in [9.17, 15) is 5.26 Å². The topological polar surface area (TPSA) is 62.1 Å². The average Bonchev–Trinajstić information content (AvgIpc) is 3.18. The number of nitriles is 1. The van der Waals surface area contributed by atoms with Gasteiger partial charge in [0.25, 0.3) is 0 Å². The van der Waals surface area contributed by atoms with Crippen LogP contribution in [0.2, 0.25) is 0 Å². The molecule has 1 fully saturated rings. The minimum atomic E-state index is 0.375. The molecule has 0 radical (unpaired) electrons. The van der Waals surface area contributed by atoms with Crippen molar-refractivity contribution in [1.82, 2.24) is 18.9 Å². The highest BCUT2D eigenvalue weighted by Crippen LogP contribution is 2.30. The summed E-state index contributed by atoms with van der Waals surface area (Å²) in [7, 11) is 2.03. The van der Waals surface area contributed by atoms with Crippen LogP contribution in [-0.2, 0) is 7.05 Å². The molecular weight excluding hydrogens is 288 g/mol. The third kappa shape index (κ3) is 2.25. The predicted octanol–water partition coefficient (Wildman–Crippen LogP) is 2.32. The van der Waals surface area contributed by atoms with Gasteiger partial charge in [-0.1, -0.05) is 6.07 Å². The van der Waals surface area contributed by atoms with Crippen LogP contribution in [0, 0.1) is 11.3 Å². The standard InChI is InChI=1S/C17H18N6/c1-21-10-7-19-16(21)13-5-4-8-22(12-13)17-14(11-18)23-9-3-2-6-15(23)20-17/h2-3,6-7,9-10,13H,4-5,8,12H2,1H3. The van der Waals surface area contributed by atoms with E-state index in [0.717, 1.165) is 43.2 Å². The first-order chi connectivity index (χ1) is 11.3. The molecule has 1 aliphatic rings. The van der Waals surface area contributed by atoms with Gasteiger partial charge in [-0.2, -0.15) is 5.26 Å². The van der Waals surface area contributed by atoms with Crippen molar-refractivity contribution in [2.45, 2.75) is 18.8 Å². The maximum Gasteiger partial charge on any atom is 0.169 e. The molecule has 4 heterocycles. The predicted molar refractivity (Wildman–Crippen MR) is 87.3 cm³/mol. The van der Waals surface area contributed by atoms with Gasteiger partial charge in [0.05, 0.1) is 0 Å². The summed E-state index contributed by atoms with van der Waals surface area (Å²) in [4.78, 5) is 11.4. The number of imidazole rings is 2. The highest BCUT2D eigenvalue weighted by molar-refractivity contribution is 5.60. The molecule has 0 bridgehead atoms. The second-order valence-electron chi connectivity index (χ2n) is 6.01. The Morgan fingerprint density at radius 1 is 1.30 bits per heavy atom. The number of pyridine rings is 1. The van der Waals surface area contributed by atoms with Crippen molar-refractivity contribution in [3.8, 4) is 6.07 Å². The lowest BCUT2D eigenvalue weighted by Crippen LogP contribution is -2.36. The molecule has 1 aliphatic heterocycles. The van der Waals surface area contributed by atoms with Crippen LogP contribution in [0.4, 0.5) is 5.82 Å². The third-order valence-corrected chi connectivity index (χ3v) is 4.56. The monoisotopic (exact) mass is 306 g/mol. The van der Waals surface area contributed by atoms with Crippen LogP contribution in [0.25, 0.3) is 5.65 Å². The van der Waals surface area contributed by atoms with Gasteiger partial charge in [-0.05, 0) is 25.0 Å². The lowest BCUT2D eigenvalue weighted by Gasteiger charge is -2.32. The Balaban J connectivity index is 1.71. The molecule has 6 nitrogen and oxygen atoms in total. The van der Waals surface area contributed by atoms with Crippen molar-refractivity contribution in [3.63, 3.8) is 0 Å². The smallest absolute Gasteiger partial charge is 0.169 e. The van der Waals surface area contributed by atoms with Gasteiger partial charge >= 0.3 is 0 Å². The van der Waals surface area contributed by atoms with Crippen molar-refractivity contribution in [2.75, 3.05) is 18.0 Å². The van der Waals surface area contributed by atoms with Gasteiger partial charge in [0.15, 0.2) is 11.5 Å². The number of nitrogens with zero attached hydrogens (tertiary/aromatic N) is 6. The van der Waals surface area contributed by atoms with Gasteiger partial charge in [0.1, 0.15) is 17.5 Å². The molecule has 0 spiro atoms. The molecule has 0 amide bonds. The first kappa shape index (κ1) is 13.8. The molecule has 1 unspecified atom stereocenters. The van der Waals surface area contributed by atoms with Crippen LogP contribution < -0.4 is 4.90 Å². The molecule has 6 heteroatoms. The summed E-state index contributed by atoms with van der Waals surface area (Å²) in [6.45, 7) is 1.78. The molecule has 0 aromatic carbocycles. The summed E-state index contributed by atoms with van der Waals surface area (Å²) in [6, 6.07) is 8.12. The van der Waals surface area contributed by atoms with Crippen LogP contribution in [0.15, 0.2) is 36.8 Å². The maximum atomic E-state index is 9.58. The van der Waals surface area contributed by atoms with Gasteiger partial charge in [-0.15, -0.1) is 0 Å². The molecule has 1 atom stereocenters. The molecule has 23 heavy (non-hydrogen) atoms. The lowest BCUT2D eigenvalue weighted by atomic mass is 9.97. The summed E-state index contributed by atoms with van der Waals surface area (Å²) in [5.41, 5.74) is 1.43. The lowest BCUT2D eigenvalue weighted by molar-refractivity contribution is 0.479. The largest absolute Gasteiger partial charge is 0.353 e. The first-order valence-corrected chi connectivity index (χ1v) is 7.87. The fourth-order valence-electron chi connectivity index (χ4n) is 3.46. The number of hydrogen-bond acceptors (Lipinski definition) is 4. The van der Waals surface area contributed by atoms with Crippen LogP contribution >= 0.6 is 0 Å². The minimum absolute atomic E-state index is 0.375. The van der Waals surface area contributed by atoms with E-state index in [1.54, 1.807) is 0 Å². The molecular formula is C17H18N6. The molecule has 0 aliphatic carbocycles. The summed E-state index contributed by atoms with van der Waals surface area (Å²) in [5, 5.41) is 9.58. The Bertz CT molecular complexity index is 884. The Hall–Kier alpha value is -2.81. The SMILES string of the molecule is Cn1ccnc1C1CCCN(c2nc3ccccn3c2C#N)C1. The Kier molecular flexibility index (Phi) is 3.27. The number of aryl methyl sites for hydroxylation is 1. The number of anilines is 1. The minimum Gasteiger partial charge on any atom is -0.353 e. The number of aromatic nitrogens is 4. The van der Waals surface area contributed by atoms with Gasteiger partial charge < -0.3 is 9.47 Å². The van der Waals surface area contributed by atoms with E-state index in [-0.39, 0.29) is 0 Å². The van der Waals surface area contributed by atoms with Crippen LogP contribution in [0.3, 0.4) is 0 Å². The van der Waals surface area contributed by atoms with Gasteiger partial charge in [-0.25, -0.2) is 9.97 Å². The van der Waals surface area contributed by atoms with Crippen LogP contribution in [-0.4, -0.2) is 32.0 Å². The van der Waals surface area contributed by atoms with Gasteiger partial charge in [-0.3, -0.25) is 4.40 Å². The summed E-state index contributed by atoms with van der Waals surface area (Å²) >= 11 is 0. The number of hydrogen-bond donors (Lipinski definition) is 0. The fraction of sp³-hybridized carbons (Fsp3) is 0.353. The van der Waals surface area contributed by atoms with Crippen molar-refractivity contribution < 1.29 is 0 Å². The molecule has 4 rings (SSSR count). The van der Waals surface area contributed by atoms with Crippen molar-refractivity contribution in [1.29, 1.82) is 5.26 Å². The zero-order valence-corrected chi connectivity index (χ0v) is 13.1. The van der Waals surface area contributed by atoms with E-state index in [4.69, 9.17) is 0 Å². The van der Waals surface area contributed by atoms with E-state index < -0.39 is 0 Å². The zero-order chi connectivity index (χ0) is 15.8. The van der Waals surface area contributed by atoms with Crippen LogP contribution in [0.5, 0.6) is 0 Å². The van der Waals surface area contributed by atoms with Gasteiger partial charge in [0.2, 0.25) is 0 Å². The molecule has 3 aromatic rings. The third-order valence-electron chi connectivity index (χ3n) is 4.56. The number of piperidine rings is 1. The van der Waals surface area contributed by atoms with Gasteiger partial charge in [0, 0.05) is 44.6 Å². The van der Waals surface area contributed by atoms with E-state index >= 15 is 0 Å². The van der Waals surface area contributed by atoms with E-state index in [1.807, 2.05) is 48.2 Å². The van der Waals surface area contributed by atoms with E-state index in [0.29, 0.717) is 11.6 Å². The molecule has 1 saturated heterocycles. The Morgan fingerprint density at radius 3 is 3.00 bits per heavy atom. The molecule has 0 N–H and O–H groups in total. The first-order valence-electron chi connectivity index (χ1n) is 7.87. The van der Waals surface area contributed by atoms with Crippen molar-refractivity contribution in [3.05, 3.63) is 48.3 Å². The Morgan fingerprint density at radius 2 is 2.22 bits per heavy atom. The highest BCUT2D eigenvalue weighted by atomic mass is 15.2. The van der Waals surface area contributed by atoms with Crippen molar-refractivity contribution >= 4 is 11.5 Å². The fourth-order valence-corrected chi connectivity index (χ4v) is 3.46. The van der Waals surface area contributed by atoms with Crippen LogP contribution in [0.1, 0.15) is 30.3 Å². The number of fused-ring (bicyclic) bond motifs is 1. The zero-order valence-electron chi connectivity index (χ0n) is 13.1. The maximum absolute atomic E-state index is 9.58. The second kappa shape index (κ2) is 5.43. The highest BCUT2D eigenvalue weighted by Gasteiger charge is 2.27. The summed E-state index contributed by atoms with van der Waals surface area (Å²) < 4.78 is 3.95. The quantitative estimate of drug-likeness (QED) is 0.729. The number of rotatable bonds is 2.